The third-order valence-corrected chi connectivity index (χ3v) is 4.92. The van der Waals surface area contributed by atoms with Gasteiger partial charge in [-0.2, -0.15) is 13.2 Å². The number of amides is 3. The SMILES string of the molecule is CN(C)C(=O)Oc1cc2c(cc1C(F)(F)F)CN(Cc1cccc(NC(=O)OC(C)(C)C)c1F)C(=O)O2. The van der Waals surface area contributed by atoms with Gasteiger partial charge in [-0.3, -0.25) is 10.2 Å². The van der Waals surface area contributed by atoms with Crippen LogP contribution in [0.5, 0.6) is 11.5 Å². The Morgan fingerprint density at radius 1 is 1.16 bits per heavy atom. The van der Waals surface area contributed by atoms with Crippen molar-refractivity contribution in [3.8, 4) is 11.5 Å². The van der Waals surface area contributed by atoms with Gasteiger partial charge in [0, 0.05) is 31.3 Å². The highest BCUT2D eigenvalue weighted by molar-refractivity contribution is 5.85. The summed E-state index contributed by atoms with van der Waals surface area (Å²) in [7, 11) is 2.59. The number of fused-ring (bicyclic) bond motifs is 1. The Kier molecular flexibility index (Phi) is 7.56. The zero-order valence-corrected chi connectivity index (χ0v) is 20.7. The van der Waals surface area contributed by atoms with Crippen LogP contribution in [0.25, 0.3) is 0 Å². The lowest BCUT2D eigenvalue weighted by Crippen LogP contribution is -2.37. The molecule has 2 aromatic carbocycles. The molecule has 0 aliphatic carbocycles. The second-order valence-electron chi connectivity index (χ2n) is 9.35. The third-order valence-electron chi connectivity index (χ3n) is 4.92. The summed E-state index contributed by atoms with van der Waals surface area (Å²) < 4.78 is 71.2. The smallest absolute Gasteiger partial charge is 0.420 e. The summed E-state index contributed by atoms with van der Waals surface area (Å²) in [6, 6.07) is 5.61. The molecule has 0 atom stereocenters. The standard InChI is InChI=1S/C24H25F4N3O6/c1-23(2,3)37-20(32)29-16-8-6-7-13(19(16)25)11-31-12-14-9-15(24(26,27)28)18(36-21(33)30(4)5)10-17(14)35-22(31)34/h6-10H,11-12H2,1-5H3,(H,29,32). The molecule has 0 bridgehead atoms. The number of carbonyl (C=O) groups excluding carboxylic acids is 3. The first kappa shape index (κ1) is 27.6. The largest absolute Gasteiger partial charge is 0.444 e. The number of rotatable bonds is 4. The van der Waals surface area contributed by atoms with Crippen LogP contribution in [0.4, 0.5) is 37.6 Å². The molecule has 1 aliphatic rings. The van der Waals surface area contributed by atoms with Crippen LogP contribution in [0.15, 0.2) is 30.3 Å². The molecule has 0 saturated heterocycles. The van der Waals surface area contributed by atoms with Gasteiger partial charge in [0.1, 0.15) is 17.1 Å². The Labute approximate surface area is 209 Å². The van der Waals surface area contributed by atoms with Crippen molar-refractivity contribution in [3.05, 3.63) is 52.8 Å². The summed E-state index contributed by atoms with van der Waals surface area (Å²) in [5, 5.41) is 2.28. The fraction of sp³-hybridized carbons (Fsp3) is 0.375. The lowest BCUT2D eigenvalue weighted by atomic mass is 10.1. The van der Waals surface area contributed by atoms with Crippen molar-refractivity contribution in [1.29, 1.82) is 0 Å². The highest BCUT2D eigenvalue weighted by atomic mass is 19.4. The molecular weight excluding hydrogens is 502 g/mol. The van der Waals surface area contributed by atoms with Crippen molar-refractivity contribution in [1.82, 2.24) is 9.80 Å². The van der Waals surface area contributed by atoms with Gasteiger partial charge in [0.25, 0.3) is 0 Å². The van der Waals surface area contributed by atoms with E-state index in [4.69, 9.17) is 14.2 Å². The summed E-state index contributed by atoms with van der Waals surface area (Å²) >= 11 is 0. The highest BCUT2D eigenvalue weighted by Gasteiger charge is 2.38. The molecule has 0 radical (unpaired) electrons. The molecule has 3 rings (SSSR count). The Balaban J connectivity index is 1.86. The predicted molar refractivity (Wildman–Crippen MR) is 123 cm³/mol. The molecule has 200 valence electrons. The van der Waals surface area contributed by atoms with Crippen molar-refractivity contribution < 1.29 is 46.2 Å². The van der Waals surface area contributed by atoms with Gasteiger partial charge < -0.3 is 19.1 Å². The molecule has 1 N–H and O–H groups in total. The van der Waals surface area contributed by atoms with E-state index in [1.54, 1.807) is 20.8 Å². The molecule has 37 heavy (non-hydrogen) atoms. The molecule has 0 unspecified atom stereocenters. The van der Waals surface area contributed by atoms with Crippen LogP contribution in [0, 0.1) is 5.82 Å². The van der Waals surface area contributed by atoms with Gasteiger partial charge in [-0.05, 0) is 32.9 Å². The van der Waals surface area contributed by atoms with Gasteiger partial charge in [-0.25, -0.2) is 18.8 Å². The minimum Gasteiger partial charge on any atom is -0.444 e. The van der Waals surface area contributed by atoms with E-state index in [9.17, 15) is 27.6 Å². The molecule has 2 aromatic rings. The maximum Gasteiger partial charge on any atom is 0.420 e. The summed E-state index contributed by atoms with van der Waals surface area (Å²) in [4.78, 5) is 38.3. The van der Waals surface area contributed by atoms with Crippen molar-refractivity contribution in [3.63, 3.8) is 0 Å². The van der Waals surface area contributed by atoms with Gasteiger partial charge in [-0.15, -0.1) is 0 Å². The number of hydrogen-bond acceptors (Lipinski definition) is 6. The average molecular weight is 527 g/mol. The molecule has 1 heterocycles. The molecule has 0 spiro atoms. The molecule has 0 fully saturated rings. The Morgan fingerprint density at radius 2 is 1.84 bits per heavy atom. The maximum absolute atomic E-state index is 15.1. The molecular formula is C24H25F4N3O6. The lowest BCUT2D eigenvalue weighted by molar-refractivity contribution is -0.138. The molecule has 0 saturated carbocycles. The monoisotopic (exact) mass is 527 g/mol. The minimum atomic E-state index is -4.88. The number of halogens is 4. The quantitative estimate of drug-likeness (QED) is 0.508. The number of alkyl halides is 3. The molecule has 9 nitrogen and oxygen atoms in total. The number of anilines is 1. The van der Waals surface area contributed by atoms with Gasteiger partial charge in [0.05, 0.1) is 24.3 Å². The van der Waals surface area contributed by atoms with E-state index < -0.39 is 47.2 Å². The first-order valence-electron chi connectivity index (χ1n) is 10.9. The Hall–Kier alpha value is -4.03. The fourth-order valence-corrected chi connectivity index (χ4v) is 3.28. The van der Waals surface area contributed by atoms with Gasteiger partial charge in [-0.1, -0.05) is 12.1 Å². The first-order valence-corrected chi connectivity index (χ1v) is 10.9. The van der Waals surface area contributed by atoms with Crippen LogP contribution in [-0.2, 0) is 24.0 Å². The number of nitrogens with zero attached hydrogens (tertiary/aromatic N) is 2. The molecule has 0 aromatic heterocycles. The van der Waals surface area contributed by atoms with Crippen molar-refractivity contribution in [2.45, 2.75) is 45.6 Å². The van der Waals surface area contributed by atoms with E-state index in [2.05, 4.69) is 5.32 Å². The maximum atomic E-state index is 15.1. The normalized spacial score (nSPS) is 13.4. The Bertz CT molecular complexity index is 1220. The van der Waals surface area contributed by atoms with E-state index in [-0.39, 0.29) is 35.7 Å². The summed E-state index contributed by atoms with van der Waals surface area (Å²) in [5.41, 5.74) is -2.32. The second kappa shape index (κ2) is 10.1. The second-order valence-corrected chi connectivity index (χ2v) is 9.35. The highest BCUT2D eigenvalue weighted by Crippen LogP contribution is 2.42. The van der Waals surface area contributed by atoms with Crippen molar-refractivity contribution in [2.75, 3.05) is 19.4 Å². The van der Waals surface area contributed by atoms with Crippen molar-refractivity contribution in [2.24, 2.45) is 0 Å². The topological polar surface area (TPSA) is 97.4 Å². The number of nitrogens with one attached hydrogen (secondary N) is 1. The predicted octanol–water partition coefficient (Wildman–Crippen LogP) is 5.77. The van der Waals surface area contributed by atoms with E-state index in [1.807, 2.05) is 0 Å². The van der Waals surface area contributed by atoms with Crippen LogP contribution in [0.2, 0.25) is 0 Å². The van der Waals surface area contributed by atoms with Crippen molar-refractivity contribution >= 4 is 24.0 Å². The van der Waals surface area contributed by atoms with Crippen LogP contribution in [0.1, 0.15) is 37.5 Å². The number of carbonyl (C=O) groups is 3. The van der Waals surface area contributed by atoms with Gasteiger partial charge in [0.2, 0.25) is 0 Å². The zero-order valence-electron chi connectivity index (χ0n) is 20.7. The minimum absolute atomic E-state index is 0.0264. The van der Waals surface area contributed by atoms with E-state index in [0.717, 1.165) is 15.9 Å². The lowest BCUT2D eigenvalue weighted by Gasteiger charge is -2.29. The van der Waals surface area contributed by atoms with Crippen LogP contribution in [0.3, 0.4) is 0 Å². The number of hydrogen-bond donors (Lipinski definition) is 1. The van der Waals surface area contributed by atoms with Crippen LogP contribution in [-0.4, -0.2) is 47.8 Å². The number of benzene rings is 2. The van der Waals surface area contributed by atoms with Gasteiger partial charge in [0.15, 0.2) is 5.82 Å². The van der Waals surface area contributed by atoms with E-state index in [1.165, 1.54) is 32.3 Å². The molecule has 1 aliphatic heterocycles. The van der Waals surface area contributed by atoms with E-state index in [0.29, 0.717) is 6.07 Å². The number of ether oxygens (including phenoxy) is 3. The fourth-order valence-electron chi connectivity index (χ4n) is 3.28. The Morgan fingerprint density at radius 3 is 2.43 bits per heavy atom. The summed E-state index contributed by atoms with van der Waals surface area (Å²) in [6.07, 6.45) is -7.77. The molecule has 13 heteroatoms. The van der Waals surface area contributed by atoms with E-state index >= 15 is 4.39 Å². The first-order chi connectivity index (χ1) is 17.0. The third kappa shape index (κ3) is 6.80. The van der Waals surface area contributed by atoms with Crippen LogP contribution < -0.4 is 14.8 Å². The summed E-state index contributed by atoms with van der Waals surface area (Å²) in [6.45, 7) is 4.20. The average Bonchev–Trinajstić information content (AvgIpc) is 2.74. The molecule has 3 amide bonds. The summed E-state index contributed by atoms with van der Waals surface area (Å²) in [5.74, 6) is -1.90. The zero-order chi connectivity index (χ0) is 27.7. The van der Waals surface area contributed by atoms with Gasteiger partial charge >= 0.3 is 24.5 Å². The van der Waals surface area contributed by atoms with Crippen LogP contribution >= 0.6 is 0 Å².